The SMILES string of the molecule is c1c[nH]c(C2CCCOO2)n1. The van der Waals surface area contributed by atoms with E-state index in [9.17, 15) is 0 Å². The molecule has 1 saturated heterocycles. The van der Waals surface area contributed by atoms with Crippen LogP contribution in [0.15, 0.2) is 12.4 Å². The molecule has 1 aromatic rings. The van der Waals surface area contributed by atoms with Gasteiger partial charge in [-0.1, -0.05) is 0 Å². The zero-order valence-corrected chi connectivity index (χ0v) is 6.12. The zero-order valence-electron chi connectivity index (χ0n) is 6.12. The van der Waals surface area contributed by atoms with Gasteiger partial charge in [0, 0.05) is 12.4 Å². The summed E-state index contributed by atoms with van der Waals surface area (Å²) in [5, 5.41) is 0. The van der Waals surface area contributed by atoms with Crippen LogP contribution in [-0.2, 0) is 9.78 Å². The lowest BCUT2D eigenvalue weighted by atomic mass is 10.2. The normalized spacial score (nSPS) is 25.3. The molecule has 0 spiro atoms. The second kappa shape index (κ2) is 3.02. The molecular weight excluding hydrogens is 144 g/mol. The van der Waals surface area contributed by atoms with Gasteiger partial charge in [0.15, 0.2) is 6.10 Å². The van der Waals surface area contributed by atoms with E-state index in [1.54, 1.807) is 12.4 Å². The van der Waals surface area contributed by atoms with Crippen molar-refractivity contribution in [1.29, 1.82) is 0 Å². The van der Waals surface area contributed by atoms with Gasteiger partial charge in [-0.25, -0.2) is 14.8 Å². The Labute approximate surface area is 64.5 Å². The van der Waals surface area contributed by atoms with Crippen LogP contribution in [0.5, 0.6) is 0 Å². The zero-order chi connectivity index (χ0) is 7.52. The molecule has 1 aromatic heterocycles. The van der Waals surface area contributed by atoms with E-state index < -0.39 is 0 Å². The maximum atomic E-state index is 5.03. The Kier molecular flexibility index (Phi) is 1.87. The monoisotopic (exact) mass is 154 g/mol. The third-order valence-corrected chi connectivity index (χ3v) is 1.70. The smallest absolute Gasteiger partial charge is 0.150 e. The Hall–Kier alpha value is -0.870. The minimum absolute atomic E-state index is 0.00116. The highest BCUT2D eigenvalue weighted by Gasteiger charge is 2.18. The molecule has 4 nitrogen and oxygen atoms in total. The first-order valence-corrected chi connectivity index (χ1v) is 3.74. The van der Waals surface area contributed by atoms with E-state index >= 15 is 0 Å². The Balaban J connectivity index is 2.04. The quantitative estimate of drug-likeness (QED) is 0.618. The summed E-state index contributed by atoms with van der Waals surface area (Å²) in [5.74, 6) is 0.852. The fourth-order valence-corrected chi connectivity index (χ4v) is 1.14. The van der Waals surface area contributed by atoms with Gasteiger partial charge in [-0.05, 0) is 12.8 Å². The van der Waals surface area contributed by atoms with Crippen molar-refractivity contribution in [2.24, 2.45) is 0 Å². The average Bonchev–Trinajstić information content (AvgIpc) is 2.58. The van der Waals surface area contributed by atoms with Crippen LogP contribution in [0.3, 0.4) is 0 Å². The Bertz CT molecular complexity index is 204. The fourth-order valence-electron chi connectivity index (χ4n) is 1.14. The van der Waals surface area contributed by atoms with Crippen LogP contribution in [0, 0.1) is 0 Å². The number of imidazole rings is 1. The number of hydrogen-bond acceptors (Lipinski definition) is 3. The lowest BCUT2D eigenvalue weighted by Crippen LogP contribution is -2.14. The van der Waals surface area contributed by atoms with E-state index in [4.69, 9.17) is 9.78 Å². The molecule has 2 rings (SSSR count). The molecular formula is C7H10N2O2. The number of nitrogens with zero attached hydrogens (tertiary/aromatic N) is 1. The van der Waals surface area contributed by atoms with Gasteiger partial charge in [0.1, 0.15) is 5.82 Å². The fraction of sp³-hybridized carbons (Fsp3) is 0.571. The third-order valence-electron chi connectivity index (χ3n) is 1.70. The predicted octanol–water partition coefficient (Wildman–Crippen LogP) is 1.19. The van der Waals surface area contributed by atoms with Gasteiger partial charge in [0.05, 0.1) is 6.61 Å². The summed E-state index contributed by atoms with van der Waals surface area (Å²) in [6.45, 7) is 0.692. The highest BCUT2D eigenvalue weighted by Crippen LogP contribution is 2.23. The minimum Gasteiger partial charge on any atom is -0.346 e. The van der Waals surface area contributed by atoms with E-state index in [0.29, 0.717) is 6.61 Å². The van der Waals surface area contributed by atoms with Crippen LogP contribution in [0.25, 0.3) is 0 Å². The molecule has 1 N–H and O–H groups in total. The molecule has 11 heavy (non-hydrogen) atoms. The van der Waals surface area contributed by atoms with Crippen molar-refractivity contribution in [3.63, 3.8) is 0 Å². The molecule has 1 aliphatic heterocycles. The molecule has 0 saturated carbocycles. The highest BCUT2D eigenvalue weighted by atomic mass is 17.2. The van der Waals surface area contributed by atoms with Gasteiger partial charge in [-0.3, -0.25) is 0 Å². The van der Waals surface area contributed by atoms with Crippen molar-refractivity contribution < 1.29 is 9.78 Å². The average molecular weight is 154 g/mol. The highest BCUT2D eigenvalue weighted by molar-refractivity contribution is 4.92. The van der Waals surface area contributed by atoms with E-state index in [0.717, 1.165) is 18.7 Å². The Morgan fingerprint density at radius 3 is 3.27 bits per heavy atom. The van der Waals surface area contributed by atoms with Crippen molar-refractivity contribution >= 4 is 0 Å². The number of nitrogens with one attached hydrogen (secondary N) is 1. The van der Waals surface area contributed by atoms with Crippen molar-refractivity contribution in [3.8, 4) is 0 Å². The molecule has 1 fully saturated rings. The Morgan fingerprint density at radius 1 is 1.64 bits per heavy atom. The molecule has 0 aliphatic carbocycles. The molecule has 60 valence electrons. The van der Waals surface area contributed by atoms with Gasteiger partial charge in [-0.2, -0.15) is 0 Å². The van der Waals surface area contributed by atoms with Crippen LogP contribution in [-0.4, -0.2) is 16.6 Å². The molecule has 0 bridgehead atoms. The van der Waals surface area contributed by atoms with E-state index in [1.807, 2.05) is 0 Å². The van der Waals surface area contributed by atoms with E-state index in [-0.39, 0.29) is 6.10 Å². The number of rotatable bonds is 1. The van der Waals surface area contributed by atoms with Crippen molar-refractivity contribution in [3.05, 3.63) is 18.2 Å². The van der Waals surface area contributed by atoms with Gasteiger partial charge in [0.2, 0.25) is 0 Å². The van der Waals surface area contributed by atoms with Crippen LogP contribution >= 0.6 is 0 Å². The molecule has 4 heteroatoms. The van der Waals surface area contributed by atoms with Crippen LogP contribution in [0.2, 0.25) is 0 Å². The topological polar surface area (TPSA) is 47.1 Å². The van der Waals surface area contributed by atoms with Crippen LogP contribution in [0.4, 0.5) is 0 Å². The lowest BCUT2D eigenvalue weighted by Gasteiger charge is -2.18. The summed E-state index contributed by atoms with van der Waals surface area (Å²) < 4.78 is 0. The largest absolute Gasteiger partial charge is 0.346 e. The van der Waals surface area contributed by atoms with Crippen LogP contribution in [0.1, 0.15) is 24.8 Å². The van der Waals surface area contributed by atoms with Gasteiger partial charge >= 0.3 is 0 Å². The second-order valence-electron chi connectivity index (χ2n) is 2.52. The Morgan fingerprint density at radius 2 is 2.64 bits per heavy atom. The lowest BCUT2D eigenvalue weighted by molar-refractivity contribution is -0.349. The first-order chi connectivity index (χ1) is 5.47. The summed E-state index contributed by atoms with van der Waals surface area (Å²) in [7, 11) is 0. The number of hydrogen-bond donors (Lipinski definition) is 1. The number of H-pyrrole nitrogens is 1. The summed E-state index contributed by atoms with van der Waals surface area (Å²) in [6.07, 6.45) is 5.51. The molecule has 0 radical (unpaired) electrons. The summed E-state index contributed by atoms with van der Waals surface area (Å²) in [6, 6.07) is 0. The van der Waals surface area contributed by atoms with Gasteiger partial charge in [0.25, 0.3) is 0 Å². The van der Waals surface area contributed by atoms with E-state index in [1.165, 1.54) is 0 Å². The standard InChI is InChI=1S/C7H10N2O2/c1-2-6(11-10-5-1)7-8-3-4-9-7/h3-4,6H,1-2,5H2,(H,8,9). The van der Waals surface area contributed by atoms with Gasteiger partial charge < -0.3 is 4.98 Å². The number of aromatic nitrogens is 2. The second-order valence-corrected chi connectivity index (χ2v) is 2.52. The van der Waals surface area contributed by atoms with Gasteiger partial charge in [-0.15, -0.1) is 0 Å². The van der Waals surface area contributed by atoms with Crippen molar-refractivity contribution in [2.75, 3.05) is 6.61 Å². The molecule has 2 heterocycles. The van der Waals surface area contributed by atoms with Crippen LogP contribution < -0.4 is 0 Å². The van der Waals surface area contributed by atoms with Crippen molar-refractivity contribution in [1.82, 2.24) is 9.97 Å². The molecule has 0 aromatic carbocycles. The molecule has 0 amide bonds. The molecule has 1 unspecified atom stereocenters. The molecule has 1 aliphatic rings. The summed E-state index contributed by atoms with van der Waals surface area (Å²) in [4.78, 5) is 16.9. The summed E-state index contributed by atoms with van der Waals surface area (Å²) in [5.41, 5.74) is 0. The maximum Gasteiger partial charge on any atom is 0.150 e. The van der Waals surface area contributed by atoms with Crippen molar-refractivity contribution in [2.45, 2.75) is 18.9 Å². The first-order valence-electron chi connectivity index (χ1n) is 3.74. The predicted molar refractivity (Wildman–Crippen MR) is 37.6 cm³/mol. The third kappa shape index (κ3) is 1.41. The number of aromatic amines is 1. The minimum atomic E-state index is -0.00116. The molecule has 1 atom stereocenters. The van der Waals surface area contributed by atoms with E-state index in [2.05, 4.69) is 9.97 Å². The summed E-state index contributed by atoms with van der Waals surface area (Å²) >= 11 is 0. The first kappa shape index (κ1) is 6.82. The maximum absolute atomic E-state index is 5.03.